The summed E-state index contributed by atoms with van der Waals surface area (Å²) in [5.41, 5.74) is -0.507. The first-order chi connectivity index (χ1) is 8.11. The van der Waals surface area contributed by atoms with Crippen LogP contribution in [0.4, 0.5) is 0 Å². The van der Waals surface area contributed by atoms with Crippen LogP contribution >= 0.6 is 0 Å². The van der Waals surface area contributed by atoms with E-state index in [4.69, 9.17) is 0 Å². The van der Waals surface area contributed by atoms with Gasteiger partial charge in [-0.05, 0) is 20.8 Å². The average Bonchev–Trinajstić information content (AvgIpc) is 2.14. The fraction of sp³-hybridized carbons (Fsp3) is 0.417. The summed E-state index contributed by atoms with van der Waals surface area (Å²) in [6, 6.07) is 0. The number of Topliss-reactive ketones (excluding diaryl/α,β-unsaturated/α-hetero) is 2. The summed E-state index contributed by atoms with van der Waals surface area (Å²) in [6.45, 7) is 5.61. The first-order valence-corrected chi connectivity index (χ1v) is 5.19. The monoisotopic (exact) mass is 253 g/mol. The van der Waals surface area contributed by atoms with Crippen LogP contribution in [-0.4, -0.2) is 34.2 Å². The Morgan fingerprint density at radius 1 is 0.667 bits per heavy atom. The Hall–Kier alpha value is -2.11. The number of imide groups is 3. The number of rotatable bonds is 3. The molecular formula is C12H15NO5. The van der Waals surface area contributed by atoms with Gasteiger partial charge in [0.15, 0.2) is 11.6 Å². The Labute approximate surface area is 105 Å². The smallest absolute Gasteiger partial charge is 0.263 e. The van der Waals surface area contributed by atoms with Crippen molar-refractivity contribution in [2.24, 2.45) is 0 Å². The maximum Gasteiger partial charge on any atom is 0.263 e. The van der Waals surface area contributed by atoms with Crippen molar-refractivity contribution in [1.29, 1.82) is 0 Å². The Morgan fingerprint density at radius 2 is 1.00 bits per heavy atom. The van der Waals surface area contributed by atoms with Crippen molar-refractivity contribution in [1.82, 2.24) is 4.90 Å². The van der Waals surface area contributed by atoms with Gasteiger partial charge in [-0.2, -0.15) is 0 Å². The molecular weight excluding hydrogens is 238 g/mol. The Balaban J connectivity index is 5.75. The molecule has 98 valence electrons. The summed E-state index contributed by atoms with van der Waals surface area (Å²) < 4.78 is 0. The van der Waals surface area contributed by atoms with Gasteiger partial charge in [0.25, 0.3) is 5.91 Å². The zero-order chi connectivity index (χ0) is 14.6. The SMILES string of the molecule is CC(=O)C(C(C)=O)=C(C)C(=O)N(C(C)=O)C(C)=O. The second kappa shape index (κ2) is 6.00. The van der Waals surface area contributed by atoms with E-state index in [1.165, 1.54) is 6.92 Å². The fourth-order valence-corrected chi connectivity index (χ4v) is 1.56. The first-order valence-electron chi connectivity index (χ1n) is 5.19. The van der Waals surface area contributed by atoms with Crippen LogP contribution in [0.1, 0.15) is 34.6 Å². The van der Waals surface area contributed by atoms with Crippen molar-refractivity contribution in [3.63, 3.8) is 0 Å². The number of carbonyl (C=O) groups is 5. The predicted octanol–water partition coefficient (Wildman–Crippen LogP) is 0.403. The molecule has 0 aromatic carbocycles. The third-order valence-corrected chi connectivity index (χ3v) is 2.23. The van der Waals surface area contributed by atoms with Gasteiger partial charge in [0.2, 0.25) is 11.8 Å². The van der Waals surface area contributed by atoms with E-state index in [9.17, 15) is 24.0 Å². The molecule has 0 fully saturated rings. The molecule has 0 aromatic rings. The van der Waals surface area contributed by atoms with Gasteiger partial charge in [-0.25, -0.2) is 4.90 Å². The number of carbonyl (C=O) groups excluding carboxylic acids is 5. The number of allylic oxidation sites excluding steroid dienone is 1. The largest absolute Gasteiger partial charge is 0.294 e. The standard InChI is InChI=1S/C12H15NO5/c1-6(11(7(2)14)8(3)15)12(18)13(9(4)16)10(5)17/h1-5H3. The van der Waals surface area contributed by atoms with E-state index in [2.05, 4.69) is 0 Å². The molecule has 0 atom stereocenters. The lowest BCUT2D eigenvalue weighted by Crippen LogP contribution is -2.40. The number of amides is 3. The summed E-state index contributed by atoms with van der Waals surface area (Å²) in [4.78, 5) is 57.2. The molecule has 0 aliphatic rings. The molecule has 0 bridgehead atoms. The highest BCUT2D eigenvalue weighted by Crippen LogP contribution is 2.11. The first kappa shape index (κ1) is 15.9. The maximum atomic E-state index is 11.9. The minimum Gasteiger partial charge on any atom is -0.294 e. The van der Waals surface area contributed by atoms with Crippen LogP contribution in [0.2, 0.25) is 0 Å². The molecule has 0 aromatic heterocycles. The van der Waals surface area contributed by atoms with Crippen molar-refractivity contribution < 1.29 is 24.0 Å². The molecule has 6 heteroatoms. The molecule has 6 nitrogen and oxygen atoms in total. The van der Waals surface area contributed by atoms with Gasteiger partial charge in [0, 0.05) is 19.4 Å². The zero-order valence-electron chi connectivity index (χ0n) is 11.0. The maximum absolute atomic E-state index is 11.9. The van der Waals surface area contributed by atoms with Gasteiger partial charge >= 0.3 is 0 Å². The lowest BCUT2D eigenvalue weighted by Gasteiger charge is -2.16. The van der Waals surface area contributed by atoms with E-state index in [0.717, 1.165) is 27.7 Å². The zero-order valence-corrected chi connectivity index (χ0v) is 11.0. The third-order valence-electron chi connectivity index (χ3n) is 2.23. The lowest BCUT2D eigenvalue weighted by atomic mass is 10.0. The molecule has 0 aliphatic heterocycles. The van der Waals surface area contributed by atoms with Crippen LogP contribution < -0.4 is 0 Å². The van der Waals surface area contributed by atoms with E-state index in [0.29, 0.717) is 4.90 Å². The third kappa shape index (κ3) is 3.44. The van der Waals surface area contributed by atoms with Crippen molar-refractivity contribution >= 4 is 29.3 Å². The molecule has 0 saturated carbocycles. The van der Waals surface area contributed by atoms with Crippen LogP contribution in [0.5, 0.6) is 0 Å². The summed E-state index contributed by atoms with van der Waals surface area (Å²) in [6.07, 6.45) is 0. The highest BCUT2D eigenvalue weighted by molar-refractivity contribution is 6.25. The molecule has 0 heterocycles. The molecule has 0 N–H and O–H groups in total. The van der Waals surface area contributed by atoms with Crippen LogP contribution in [-0.2, 0) is 24.0 Å². The Morgan fingerprint density at radius 3 is 1.22 bits per heavy atom. The average molecular weight is 253 g/mol. The second-order valence-corrected chi connectivity index (χ2v) is 3.79. The molecule has 0 spiro atoms. The molecule has 0 saturated heterocycles. The summed E-state index contributed by atoms with van der Waals surface area (Å²) in [5.74, 6) is -3.65. The van der Waals surface area contributed by atoms with Crippen LogP contribution in [0, 0.1) is 0 Å². The van der Waals surface area contributed by atoms with E-state index in [1.54, 1.807) is 0 Å². The predicted molar refractivity (Wildman–Crippen MR) is 62.3 cm³/mol. The van der Waals surface area contributed by atoms with Crippen molar-refractivity contribution in [3.8, 4) is 0 Å². The highest BCUT2D eigenvalue weighted by Gasteiger charge is 2.27. The molecule has 0 rings (SSSR count). The molecule has 3 amide bonds. The van der Waals surface area contributed by atoms with E-state index in [-0.39, 0.29) is 11.1 Å². The normalized spacial score (nSPS) is 9.39. The van der Waals surface area contributed by atoms with Crippen LogP contribution in [0.15, 0.2) is 11.1 Å². The minimum absolute atomic E-state index is 0.208. The van der Waals surface area contributed by atoms with Crippen molar-refractivity contribution in [2.75, 3.05) is 0 Å². The molecule has 0 radical (unpaired) electrons. The second-order valence-electron chi connectivity index (χ2n) is 3.79. The Kier molecular flexibility index (Phi) is 5.29. The van der Waals surface area contributed by atoms with Crippen molar-refractivity contribution in [2.45, 2.75) is 34.6 Å². The number of nitrogens with zero attached hydrogens (tertiary/aromatic N) is 1. The highest BCUT2D eigenvalue weighted by atomic mass is 16.2. The van der Waals surface area contributed by atoms with Gasteiger partial charge in [-0.3, -0.25) is 24.0 Å². The van der Waals surface area contributed by atoms with Crippen LogP contribution in [0.3, 0.4) is 0 Å². The van der Waals surface area contributed by atoms with E-state index in [1.807, 2.05) is 0 Å². The topological polar surface area (TPSA) is 88.6 Å². The number of hydrogen-bond acceptors (Lipinski definition) is 5. The van der Waals surface area contributed by atoms with Gasteiger partial charge in [0.05, 0.1) is 5.57 Å². The summed E-state index contributed by atoms with van der Waals surface area (Å²) >= 11 is 0. The van der Waals surface area contributed by atoms with Gasteiger partial charge in [0.1, 0.15) is 0 Å². The van der Waals surface area contributed by atoms with E-state index < -0.39 is 29.3 Å². The van der Waals surface area contributed by atoms with Gasteiger partial charge in [-0.15, -0.1) is 0 Å². The van der Waals surface area contributed by atoms with Gasteiger partial charge < -0.3 is 0 Å². The quantitative estimate of drug-likeness (QED) is 0.412. The van der Waals surface area contributed by atoms with Crippen molar-refractivity contribution in [3.05, 3.63) is 11.1 Å². The minimum atomic E-state index is -0.949. The van der Waals surface area contributed by atoms with E-state index >= 15 is 0 Å². The summed E-state index contributed by atoms with van der Waals surface area (Å²) in [7, 11) is 0. The number of ketones is 2. The Bertz CT molecular complexity index is 443. The number of hydrogen-bond donors (Lipinski definition) is 0. The van der Waals surface area contributed by atoms with Crippen LogP contribution in [0.25, 0.3) is 0 Å². The van der Waals surface area contributed by atoms with Gasteiger partial charge in [-0.1, -0.05) is 0 Å². The molecule has 0 unspecified atom stereocenters. The molecule has 0 aliphatic carbocycles. The lowest BCUT2D eigenvalue weighted by molar-refractivity contribution is -0.150. The summed E-state index contributed by atoms with van der Waals surface area (Å²) in [5, 5.41) is 0. The molecule has 18 heavy (non-hydrogen) atoms. The fourth-order valence-electron chi connectivity index (χ4n) is 1.56.